The molecule has 0 spiro atoms. The number of carbonyl (C=O) groups is 1. The summed E-state index contributed by atoms with van der Waals surface area (Å²) in [6, 6.07) is 5.41. The van der Waals surface area contributed by atoms with E-state index in [1.54, 1.807) is 24.1 Å². The first kappa shape index (κ1) is 18.0. The minimum Gasteiger partial charge on any atom is -0.377 e. The average molecular weight is 371 g/mol. The van der Waals surface area contributed by atoms with Crippen molar-refractivity contribution in [2.45, 2.75) is 44.9 Å². The molecule has 1 saturated carbocycles. The van der Waals surface area contributed by atoms with Gasteiger partial charge in [-0.05, 0) is 30.5 Å². The summed E-state index contributed by atoms with van der Waals surface area (Å²) >= 11 is 12.0. The van der Waals surface area contributed by atoms with Crippen molar-refractivity contribution in [1.29, 1.82) is 0 Å². The number of hydrogen-bond donors (Lipinski definition) is 1. The lowest BCUT2D eigenvalue weighted by molar-refractivity contribution is -0.229. The molecule has 1 aliphatic heterocycles. The predicted octanol–water partition coefficient (Wildman–Crippen LogP) is 3.48. The summed E-state index contributed by atoms with van der Waals surface area (Å²) in [5.41, 5.74) is 6.34. The SMILES string of the molecule is CN(Cc1ccc(Cl)c(Cl)c1)C(=O)C1(N)C2CCCOC2C1(C)C. The standard InChI is InChI=1S/C18H24Cl2N2O2/c1-17(2)15-12(5-4-8-24-15)18(17,21)16(23)22(3)10-11-6-7-13(19)14(20)9-11/h6-7,9,12,15H,4-5,8,10,21H2,1-3H3. The molecule has 1 amide bonds. The van der Waals surface area contributed by atoms with Gasteiger partial charge in [0.2, 0.25) is 5.91 Å². The Morgan fingerprint density at radius 1 is 1.38 bits per heavy atom. The molecule has 0 radical (unpaired) electrons. The van der Waals surface area contributed by atoms with Crippen LogP contribution in [0.1, 0.15) is 32.3 Å². The highest BCUT2D eigenvalue weighted by Crippen LogP contribution is 2.57. The molecule has 1 aromatic carbocycles. The normalized spacial score (nSPS) is 31.1. The van der Waals surface area contributed by atoms with Crippen molar-refractivity contribution >= 4 is 29.1 Å². The number of rotatable bonds is 3. The number of hydrogen-bond acceptors (Lipinski definition) is 3. The number of ether oxygens (including phenoxy) is 1. The number of fused-ring (bicyclic) bond motifs is 1. The van der Waals surface area contributed by atoms with E-state index in [0.717, 1.165) is 25.0 Å². The number of benzene rings is 1. The van der Waals surface area contributed by atoms with Crippen LogP contribution in [-0.2, 0) is 16.1 Å². The Morgan fingerprint density at radius 2 is 2.08 bits per heavy atom. The van der Waals surface area contributed by atoms with Crippen molar-refractivity contribution in [3.8, 4) is 0 Å². The van der Waals surface area contributed by atoms with E-state index in [2.05, 4.69) is 0 Å². The molecule has 0 bridgehead atoms. The van der Waals surface area contributed by atoms with Crippen LogP contribution in [0, 0.1) is 11.3 Å². The highest BCUT2D eigenvalue weighted by Gasteiger charge is 2.70. The molecule has 24 heavy (non-hydrogen) atoms. The lowest BCUT2D eigenvalue weighted by Gasteiger charge is -2.65. The molecule has 2 fully saturated rings. The van der Waals surface area contributed by atoms with Crippen LogP contribution in [0.15, 0.2) is 18.2 Å². The van der Waals surface area contributed by atoms with Crippen LogP contribution in [0.3, 0.4) is 0 Å². The first-order valence-electron chi connectivity index (χ1n) is 8.29. The molecule has 1 aliphatic carbocycles. The second-order valence-electron chi connectivity index (χ2n) is 7.54. The van der Waals surface area contributed by atoms with Crippen LogP contribution in [0.5, 0.6) is 0 Å². The summed E-state index contributed by atoms with van der Waals surface area (Å²) in [4.78, 5) is 14.8. The molecular formula is C18H24Cl2N2O2. The van der Waals surface area contributed by atoms with Crippen LogP contribution in [0.25, 0.3) is 0 Å². The third kappa shape index (κ3) is 2.55. The van der Waals surface area contributed by atoms with Crippen LogP contribution in [-0.4, -0.2) is 36.1 Å². The predicted molar refractivity (Wildman–Crippen MR) is 96.1 cm³/mol. The van der Waals surface area contributed by atoms with E-state index in [4.69, 9.17) is 33.7 Å². The van der Waals surface area contributed by atoms with E-state index in [9.17, 15) is 4.79 Å². The third-order valence-electron chi connectivity index (χ3n) is 5.79. The fraction of sp³-hybridized carbons (Fsp3) is 0.611. The minimum absolute atomic E-state index is 0.0367. The molecular weight excluding hydrogens is 347 g/mol. The van der Waals surface area contributed by atoms with Gasteiger partial charge in [-0.2, -0.15) is 0 Å². The van der Waals surface area contributed by atoms with Gasteiger partial charge in [-0.1, -0.05) is 43.1 Å². The van der Waals surface area contributed by atoms with Crippen LogP contribution in [0.2, 0.25) is 10.0 Å². The topological polar surface area (TPSA) is 55.6 Å². The maximum absolute atomic E-state index is 13.2. The van der Waals surface area contributed by atoms with Crippen molar-refractivity contribution < 1.29 is 9.53 Å². The van der Waals surface area contributed by atoms with Gasteiger partial charge in [-0.25, -0.2) is 0 Å². The van der Waals surface area contributed by atoms with E-state index in [0.29, 0.717) is 16.6 Å². The van der Waals surface area contributed by atoms with Crippen molar-refractivity contribution in [2.24, 2.45) is 17.1 Å². The zero-order chi connectivity index (χ0) is 17.7. The Bertz CT molecular complexity index is 664. The van der Waals surface area contributed by atoms with E-state index in [1.165, 1.54) is 0 Å². The number of nitrogens with zero attached hydrogens (tertiary/aromatic N) is 1. The number of carbonyl (C=O) groups excluding carboxylic acids is 1. The average Bonchev–Trinajstić information content (AvgIpc) is 2.56. The summed E-state index contributed by atoms with van der Waals surface area (Å²) < 4.78 is 5.88. The molecule has 2 N–H and O–H groups in total. The van der Waals surface area contributed by atoms with Gasteiger partial charge in [-0.15, -0.1) is 0 Å². The van der Waals surface area contributed by atoms with Gasteiger partial charge >= 0.3 is 0 Å². The van der Waals surface area contributed by atoms with Crippen LogP contribution < -0.4 is 5.73 Å². The van der Waals surface area contributed by atoms with Gasteiger partial charge in [0, 0.05) is 31.5 Å². The molecule has 3 atom stereocenters. The van der Waals surface area contributed by atoms with Crippen molar-refractivity contribution in [3.63, 3.8) is 0 Å². The molecule has 1 saturated heterocycles. The van der Waals surface area contributed by atoms with Crippen LogP contribution in [0.4, 0.5) is 0 Å². The molecule has 4 nitrogen and oxygen atoms in total. The van der Waals surface area contributed by atoms with Crippen molar-refractivity contribution in [2.75, 3.05) is 13.7 Å². The minimum atomic E-state index is -0.886. The molecule has 2 aliphatic rings. The number of halogens is 2. The summed E-state index contributed by atoms with van der Waals surface area (Å²) in [7, 11) is 1.78. The van der Waals surface area contributed by atoms with Gasteiger partial charge in [0.1, 0.15) is 5.54 Å². The molecule has 3 rings (SSSR count). The van der Waals surface area contributed by atoms with Crippen molar-refractivity contribution in [3.05, 3.63) is 33.8 Å². The van der Waals surface area contributed by atoms with E-state index < -0.39 is 5.54 Å². The first-order chi connectivity index (χ1) is 11.2. The Morgan fingerprint density at radius 3 is 2.75 bits per heavy atom. The quantitative estimate of drug-likeness (QED) is 0.885. The van der Waals surface area contributed by atoms with Gasteiger partial charge in [0.15, 0.2) is 0 Å². The lowest BCUT2D eigenvalue weighted by Crippen LogP contribution is -2.82. The first-order valence-corrected chi connectivity index (χ1v) is 9.05. The van der Waals surface area contributed by atoms with Gasteiger partial charge in [0.25, 0.3) is 0 Å². The number of amides is 1. The monoisotopic (exact) mass is 370 g/mol. The molecule has 1 heterocycles. The number of likely N-dealkylation sites (N-methyl/N-ethyl adjacent to an activating group) is 1. The van der Waals surface area contributed by atoms with Crippen LogP contribution >= 0.6 is 23.2 Å². The highest BCUT2D eigenvalue weighted by molar-refractivity contribution is 6.42. The Labute approximate surface area is 153 Å². The molecule has 0 aromatic heterocycles. The maximum Gasteiger partial charge on any atom is 0.243 e. The fourth-order valence-electron chi connectivity index (χ4n) is 4.31. The zero-order valence-electron chi connectivity index (χ0n) is 14.3. The van der Waals surface area contributed by atoms with Crippen molar-refractivity contribution in [1.82, 2.24) is 4.90 Å². The Kier molecular flexibility index (Phi) is 4.63. The van der Waals surface area contributed by atoms with E-state index in [-0.39, 0.29) is 23.3 Å². The third-order valence-corrected chi connectivity index (χ3v) is 6.53. The number of nitrogens with two attached hydrogens (primary N) is 1. The second kappa shape index (κ2) is 6.17. The molecule has 1 aromatic rings. The smallest absolute Gasteiger partial charge is 0.243 e. The maximum atomic E-state index is 13.2. The fourth-order valence-corrected chi connectivity index (χ4v) is 4.63. The molecule has 3 unspecified atom stereocenters. The summed E-state index contributed by atoms with van der Waals surface area (Å²) in [6.07, 6.45) is 1.97. The van der Waals surface area contributed by atoms with E-state index in [1.807, 2.05) is 19.9 Å². The summed E-state index contributed by atoms with van der Waals surface area (Å²) in [6.45, 7) is 5.27. The van der Waals surface area contributed by atoms with Gasteiger partial charge in [-0.3, -0.25) is 4.79 Å². The largest absolute Gasteiger partial charge is 0.377 e. The van der Waals surface area contributed by atoms with Gasteiger partial charge < -0.3 is 15.4 Å². The summed E-state index contributed by atoms with van der Waals surface area (Å²) in [5.74, 6) is 0.0512. The molecule has 6 heteroatoms. The Hall–Kier alpha value is -0.810. The van der Waals surface area contributed by atoms with E-state index >= 15 is 0 Å². The Balaban J connectivity index is 1.78. The lowest BCUT2D eigenvalue weighted by atomic mass is 9.46. The van der Waals surface area contributed by atoms with Gasteiger partial charge in [0.05, 0.1) is 16.1 Å². The highest BCUT2D eigenvalue weighted by atomic mass is 35.5. The zero-order valence-corrected chi connectivity index (χ0v) is 15.8. The second-order valence-corrected chi connectivity index (χ2v) is 8.35. The summed E-state index contributed by atoms with van der Waals surface area (Å²) in [5, 5.41) is 0.995. The molecule has 132 valence electrons.